The summed E-state index contributed by atoms with van der Waals surface area (Å²) in [4.78, 5) is 11.8. The van der Waals surface area contributed by atoms with Crippen LogP contribution in [0.25, 0.3) is 0 Å². The van der Waals surface area contributed by atoms with Gasteiger partial charge in [-0.1, -0.05) is 26.0 Å². The van der Waals surface area contributed by atoms with Crippen LogP contribution in [0, 0.1) is 0 Å². The van der Waals surface area contributed by atoms with Crippen LogP contribution in [0.3, 0.4) is 0 Å². The van der Waals surface area contributed by atoms with Gasteiger partial charge in [-0.15, -0.1) is 0 Å². The maximum absolute atomic E-state index is 11.8. The minimum absolute atomic E-state index is 0.0232. The van der Waals surface area contributed by atoms with E-state index >= 15 is 0 Å². The number of carbonyl (C=O) groups excluding carboxylic acids is 1. The molecule has 0 radical (unpaired) electrons. The highest BCUT2D eigenvalue weighted by Crippen LogP contribution is 2.17. The molecule has 0 aliphatic carbocycles. The van der Waals surface area contributed by atoms with Crippen molar-refractivity contribution in [3.8, 4) is 0 Å². The van der Waals surface area contributed by atoms with Crippen molar-refractivity contribution in [2.45, 2.75) is 32.7 Å². The van der Waals surface area contributed by atoms with Gasteiger partial charge in [-0.2, -0.15) is 0 Å². The molecule has 0 spiro atoms. The van der Waals surface area contributed by atoms with Gasteiger partial charge >= 0.3 is 0 Å². The highest BCUT2D eigenvalue weighted by atomic mass is 16.5. The molecule has 0 aliphatic heterocycles. The summed E-state index contributed by atoms with van der Waals surface area (Å²) < 4.78 is 4.89. The minimum Gasteiger partial charge on any atom is -0.383 e. The van der Waals surface area contributed by atoms with E-state index in [4.69, 9.17) is 4.74 Å². The molecule has 0 heterocycles. The quantitative estimate of drug-likeness (QED) is 0.743. The smallest absolute Gasteiger partial charge is 0.242 e. The van der Waals surface area contributed by atoms with Gasteiger partial charge in [-0.25, -0.2) is 0 Å². The summed E-state index contributed by atoms with van der Waals surface area (Å²) in [5, 5.41) is 5.99. The van der Waals surface area contributed by atoms with E-state index in [0.717, 1.165) is 5.69 Å². The Morgan fingerprint density at radius 2 is 1.84 bits per heavy atom. The maximum Gasteiger partial charge on any atom is 0.242 e. The van der Waals surface area contributed by atoms with Gasteiger partial charge in [-0.05, 0) is 30.5 Å². The predicted molar refractivity (Wildman–Crippen MR) is 78.5 cm³/mol. The molecule has 0 aromatic heterocycles. The molecular weight excluding hydrogens is 240 g/mol. The summed E-state index contributed by atoms with van der Waals surface area (Å²) in [6.07, 6.45) is 0. The van der Waals surface area contributed by atoms with Crippen LogP contribution in [0.15, 0.2) is 24.3 Å². The lowest BCUT2D eigenvalue weighted by Crippen LogP contribution is -2.39. The van der Waals surface area contributed by atoms with E-state index in [1.165, 1.54) is 5.56 Å². The zero-order valence-corrected chi connectivity index (χ0v) is 12.2. The molecule has 1 aromatic rings. The van der Waals surface area contributed by atoms with Crippen LogP contribution in [-0.4, -0.2) is 32.2 Å². The first-order valence-electron chi connectivity index (χ1n) is 6.67. The van der Waals surface area contributed by atoms with E-state index in [1.54, 1.807) is 7.11 Å². The van der Waals surface area contributed by atoms with Gasteiger partial charge < -0.3 is 15.4 Å². The third kappa shape index (κ3) is 5.30. The second-order valence-electron chi connectivity index (χ2n) is 4.93. The summed E-state index contributed by atoms with van der Waals surface area (Å²) in [7, 11) is 1.62. The fourth-order valence-corrected chi connectivity index (χ4v) is 1.71. The van der Waals surface area contributed by atoms with Crippen LogP contribution in [0.5, 0.6) is 0 Å². The second kappa shape index (κ2) is 7.79. The second-order valence-corrected chi connectivity index (χ2v) is 4.93. The van der Waals surface area contributed by atoms with Gasteiger partial charge in [0.25, 0.3) is 0 Å². The average molecular weight is 264 g/mol. The molecule has 19 heavy (non-hydrogen) atoms. The van der Waals surface area contributed by atoms with Gasteiger partial charge in [0.1, 0.15) is 6.04 Å². The van der Waals surface area contributed by atoms with Crippen molar-refractivity contribution < 1.29 is 9.53 Å². The van der Waals surface area contributed by atoms with Crippen LogP contribution in [0.4, 0.5) is 5.69 Å². The Hall–Kier alpha value is -1.55. The average Bonchev–Trinajstić information content (AvgIpc) is 2.39. The molecule has 1 unspecified atom stereocenters. The third-order valence-electron chi connectivity index (χ3n) is 2.96. The van der Waals surface area contributed by atoms with Gasteiger partial charge in [0.2, 0.25) is 5.91 Å². The molecule has 0 aliphatic rings. The molecular formula is C15H24N2O2. The fourth-order valence-electron chi connectivity index (χ4n) is 1.71. The van der Waals surface area contributed by atoms with Crippen molar-refractivity contribution >= 4 is 11.6 Å². The van der Waals surface area contributed by atoms with E-state index in [2.05, 4.69) is 36.6 Å². The molecule has 1 rings (SSSR count). The number of anilines is 1. The third-order valence-corrected chi connectivity index (χ3v) is 2.96. The molecule has 0 saturated heterocycles. The van der Waals surface area contributed by atoms with Gasteiger partial charge in [0.15, 0.2) is 0 Å². The van der Waals surface area contributed by atoms with Crippen LogP contribution < -0.4 is 10.6 Å². The number of benzene rings is 1. The summed E-state index contributed by atoms with van der Waals surface area (Å²) in [5.41, 5.74) is 2.25. The number of amides is 1. The monoisotopic (exact) mass is 264 g/mol. The van der Waals surface area contributed by atoms with Crippen molar-refractivity contribution in [1.82, 2.24) is 5.32 Å². The van der Waals surface area contributed by atoms with Crippen molar-refractivity contribution in [3.05, 3.63) is 29.8 Å². The summed E-state index contributed by atoms with van der Waals surface area (Å²) in [5.74, 6) is 0.494. The number of hydrogen-bond donors (Lipinski definition) is 2. The molecule has 1 atom stereocenters. The number of methoxy groups -OCH3 is 1. The van der Waals surface area contributed by atoms with E-state index < -0.39 is 0 Å². The molecule has 4 nitrogen and oxygen atoms in total. The first-order valence-corrected chi connectivity index (χ1v) is 6.67. The van der Waals surface area contributed by atoms with Crippen LogP contribution in [0.2, 0.25) is 0 Å². The Kier molecular flexibility index (Phi) is 6.36. The summed E-state index contributed by atoms with van der Waals surface area (Å²) in [6.45, 7) is 7.23. The zero-order valence-electron chi connectivity index (χ0n) is 12.2. The van der Waals surface area contributed by atoms with Crippen molar-refractivity contribution in [2.75, 3.05) is 25.6 Å². The maximum atomic E-state index is 11.8. The summed E-state index contributed by atoms with van der Waals surface area (Å²) >= 11 is 0. The topological polar surface area (TPSA) is 50.4 Å². The van der Waals surface area contributed by atoms with Crippen LogP contribution >= 0.6 is 0 Å². The van der Waals surface area contributed by atoms with Gasteiger partial charge in [0, 0.05) is 19.3 Å². The van der Waals surface area contributed by atoms with Gasteiger partial charge in [0.05, 0.1) is 6.61 Å². The highest BCUT2D eigenvalue weighted by Gasteiger charge is 2.11. The first-order chi connectivity index (χ1) is 9.04. The van der Waals surface area contributed by atoms with Crippen molar-refractivity contribution in [1.29, 1.82) is 0 Å². The number of nitrogens with one attached hydrogen (secondary N) is 2. The molecule has 0 saturated carbocycles. The first kappa shape index (κ1) is 15.5. The SMILES string of the molecule is COCCNC(=O)C(C)Nc1ccc(C(C)C)cc1. The normalized spacial score (nSPS) is 12.3. The lowest BCUT2D eigenvalue weighted by atomic mass is 10.0. The van der Waals surface area contributed by atoms with E-state index in [-0.39, 0.29) is 11.9 Å². The van der Waals surface area contributed by atoms with Gasteiger partial charge in [-0.3, -0.25) is 4.79 Å². The predicted octanol–water partition coefficient (Wildman–Crippen LogP) is 2.37. The highest BCUT2D eigenvalue weighted by molar-refractivity contribution is 5.84. The molecule has 2 N–H and O–H groups in total. The number of carbonyl (C=O) groups is 1. The number of rotatable bonds is 7. The molecule has 0 fully saturated rings. The Balaban J connectivity index is 2.47. The lowest BCUT2D eigenvalue weighted by molar-refractivity contribution is -0.121. The van der Waals surface area contributed by atoms with Crippen molar-refractivity contribution in [2.24, 2.45) is 0 Å². The Morgan fingerprint density at radius 3 is 2.37 bits per heavy atom. The fraction of sp³-hybridized carbons (Fsp3) is 0.533. The Morgan fingerprint density at radius 1 is 1.21 bits per heavy atom. The molecule has 0 bridgehead atoms. The Labute approximate surface area is 115 Å². The lowest BCUT2D eigenvalue weighted by Gasteiger charge is -2.16. The standard InChI is InChI=1S/C15H24N2O2/c1-11(2)13-5-7-14(8-6-13)17-12(3)15(18)16-9-10-19-4/h5-8,11-12,17H,9-10H2,1-4H3,(H,16,18). The Bertz CT molecular complexity index is 388. The van der Waals surface area contributed by atoms with Crippen LogP contribution in [0.1, 0.15) is 32.3 Å². The molecule has 1 aromatic carbocycles. The minimum atomic E-state index is -0.262. The van der Waals surface area contributed by atoms with Crippen LogP contribution in [-0.2, 0) is 9.53 Å². The van der Waals surface area contributed by atoms with E-state index in [1.807, 2.05) is 19.1 Å². The molecule has 1 amide bonds. The van der Waals surface area contributed by atoms with Crippen molar-refractivity contribution in [3.63, 3.8) is 0 Å². The van der Waals surface area contributed by atoms with E-state index in [0.29, 0.717) is 19.1 Å². The molecule has 4 heteroatoms. The number of ether oxygens (including phenoxy) is 1. The largest absolute Gasteiger partial charge is 0.383 e. The molecule has 106 valence electrons. The number of hydrogen-bond acceptors (Lipinski definition) is 3. The van der Waals surface area contributed by atoms with E-state index in [9.17, 15) is 4.79 Å². The zero-order chi connectivity index (χ0) is 14.3. The summed E-state index contributed by atoms with van der Waals surface area (Å²) in [6, 6.07) is 7.93.